The molecule has 1 unspecified atom stereocenters. The van der Waals surface area contributed by atoms with Crippen LogP contribution < -0.4 is 4.72 Å². The maximum Gasteiger partial charge on any atom is 0.321 e. The Labute approximate surface area is 96.0 Å². The van der Waals surface area contributed by atoms with Gasteiger partial charge in [0, 0.05) is 13.7 Å². The van der Waals surface area contributed by atoms with E-state index < -0.39 is 22.0 Å². The summed E-state index contributed by atoms with van der Waals surface area (Å²) in [5.74, 6) is -1.26. The normalized spacial score (nSPS) is 13.6. The number of ether oxygens (including phenoxy) is 1. The molecule has 0 amide bonds. The van der Waals surface area contributed by atoms with Crippen LogP contribution in [0.25, 0.3) is 0 Å². The van der Waals surface area contributed by atoms with Crippen LogP contribution in [0.1, 0.15) is 26.2 Å². The number of aliphatic carboxylic acids is 1. The number of sulfonamides is 1. The molecule has 2 N–H and O–H groups in total. The van der Waals surface area contributed by atoms with E-state index in [1.165, 1.54) is 7.11 Å². The molecule has 0 saturated carbocycles. The Bertz CT molecular complexity index is 301. The van der Waals surface area contributed by atoms with Crippen molar-refractivity contribution in [3.63, 3.8) is 0 Å². The Kier molecular flexibility index (Phi) is 7.27. The number of rotatable bonds is 9. The second kappa shape index (κ2) is 7.59. The average molecular weight is 253 g/mol. The molecule has 6 nitrogen and oxygen atoms in total. The molecular formula is C9H19NO5S. The molecule has 0 aromatic rings. The molecule has 0 saturated heterocycles. The summed E-state index contributed by atoms with van der Waals surface area (Å²) < 4.78 is 29.8. The highest BCUT2D eigenvalue weighted by atomic mass is 32.2. The Morgan fingerprint density at radius 3 is 2.56 bits per heavy atom. The molecule has 0 aromatic carbocycles. The first kappa shape index (κ1) is 15.3. The summed E-state index contributed by atoms with van der Waals surface area (Å²) in [5, 5.41) is 8.79. The van der Waals surface area contributed by atoms with E-state index in [0.717, 1.165) is 0 Å². The lowest BCUT2D eigenvalue weighted by molar-refractivity contribution is -0.139. The van der Waals surface area contributed by atoms with Crippen LogP contribution in [-0.2, 0) is 19.6 Å². The van der Waals surface area contributed by atoms with E-state index in [1.807, 2.05) is 0 Å². The van der Waals surface area contributed by atoms with Crippen molar-refractivity contribution in [2.24, 2.45) is 0 Å². The molecule has 0 rings (SSSR count). The Morgan fingerprint density at radius 1 is 1.50 bits per heavy atom. The lowest BCUT2D eigenvalue weighted by atomic mass is 10.2. The lowest BCUT2D eigenvalue weighted by Crippen LogP contribution is -2.41. The van der Waals surface area contributed by atoms with Crippen molar-refractivity contribution >= 4 is 16.0 Å². The zero-order chi connectivity index (χ0) is 12.6. The summed E-state index contributed by atoms with van der Waals surface area (Å²) in [5.41, 5.74) is 0. The number of hydrogen-bond acceptors (Lipinski definition) is 4. The van der Waals surface area contributed by atoms with Gasteiger partial charge in [-0.1, -0.05) is 13.3 Å². The van der Waals surface area contributed by atoms with Crippen LogP contribution >= 0.6 is 0 Å². The summed E-state index contributed by atoms with van der Waals surface area (Å²) in [6, 6.07) is -1.03. The van der Waals surface area contributed by atoms with E-state index >= 15 is 0 Å². The largest absolute Gasteiger partial charge is 0.480 e. The molecule has 7 heteroatoms. The number of methoxy groups -OCH3 is 1. The lowest BCUT2D eigenvalue weighted by Gasteiger charge is -2.13. The van der Waals surface area contributed by atoms with Gasteiger partial charge < -0.3 is 9.84 Å². The predicted octanol–water partition coefficient (Wildman–Crippen LogP) is 0.196. The fourth-order valence-electron chi connectivity index (χ4n) is 1.19. The molecule has 96 valence electrons. The molecule has 16 heavy (non-hydrogen) atoms. The topological polar surface area (TPSA) is 92.7 Å². The first-order valence-corrected chi connectivity index (χ1v) is 6.80. The standard InChI is InChI=1S/C9H19NO5S/c1-3-5-8(9(11)12)10-16(13,14)7-4-6-15-2/h8,10H,3-7H2,1-2H3,(H,11,12). The monoisotopic (exact) mass is 253 g/mol. The van der Waals surface area contributed by atoms with Crippen LogP contribution in [0.3, 0.4) is 0 Å². The van der Waals surface area contributed by atoms with Crippen molar-refractivity contribution in [1.29, 1.82) is 0 Å². The van der Waals surface area contributed by atoms with E-state index in [-0.39, 0.29) is 5.75 Å². The third kappa shape index (κ3) is 6.76. The summed E-state index contributed by atoms with van der Waals surface area (Å²) in [6.45, 7) is 2.14. The fraction of sp³-hybridized carbons (Fsp3) is 0.889. The van der Waals surface area contributed by atoms with Crippen LogP contribution in [-0.4, -0.2) is 45.0 Å². The van der Waals surface area contributed by atoms with Gasteiger partial charge in [-0.05, 0) is 12.8 Å². The Balaban J connectivity index is 4.25. The van der Waals surface area contributed by atoms with Gasteiger partial charge in [-0.25, -0.2) is 13.1 Å². The van der Waals surface area contributed by atoms with Crippen molar-refractivity contribution in [2.45, 2.75) is 32.2 Å². The van der Waals surface area contributed by atoms with Crippen LogP contribution in [0, 0.1) is 0 Å². The first-order chi connectivity index (χ1) is 7.43. The van der Waals surface area contributed by atoms with Gasteiger partial charge in [-0.15, -0.1) is 0 Å². The van der Waals surface area contributed by atoms with Gasteiger partial charge in [0.05, 0.1) is 5.75 Å². The third-order valence-electron chi connectivity index (χ3n) is 1.96. The molecule has 1 atom stereocenters. The highest BCUT2D eigenvalue weighted by Gasteiger charge is 2.22. The maximum absolute atomic E-state index is 11.5. The summed E-state index contributed by atoms with van der Waals surface area (Å²) in [6.07, 6.45) is 1.25. The Hall–Kier alpha value is -0.660. The van der Waals surface area contributed by atoms with E-state index in [4.69, 9.17) is 9.84 Å². The number of hydrogen-bond donors (Lipinski definition) is 2. The van der Waals surface area contributed by atoms with Crippen molar-refractivity contribution in [3.8, 4) is 0 Å². The smallest absolute Gasteiger partial charge is 0.321 e. The van der Waals surface area contributed by atoms with Crippen LogP contribution in [0.4, 0.5) is 0 Å². The highest BCUT2D eigenvalue weighted by molar-refractivity contribution is 7.89. The summed E-state index contributed by atoms with van der Waals surface area (Å²) >= 11 is 0. The average Bonchev–Trinajstić information content (AvgIpc) is 2.17. The minimum atomic E-state index is -3.53. The Morgan fingerprint density at radius 2 is 2.12 bits per heavy atom. The van der Waals surface area contributed by atoms with Crippen molar-refractivity contribution < 1.29 is 23.1 Å². The van der Waals surface area contributed by atoms with Crippen LogP contribution in [0.5, 0.6) is 0 Å². The van der Waals surface area contributed by atoms with Crippen LogP contribution in [0.15, 0.2) is 0 Å². The zero-order valence-electron chi connectivity index (χ0n) is 9.60. The third-order valence-corrected chi connectivity index (χ3v) is 3.43. The number of carbonyl (C=O) groups is 1. The van der Waals surface area contributed by atoms with Gasteiger partial charge in [0.15, 0.2) is 0 Å². The molecule has 0 aromatic heterocycles. The SMILES string of the molecule is CCCC(NS(=O)(=O)CCCOC)C(=O)O. The van der Waals surface area contributed by atoms with Gasteiger partial charge in [-0.3, -0.25) is 4.79 Å². The molecular weight excluding hydrogens is 234 g/mol. The number of carboxylic acid groups (broad SMARTS) is 1. The molecule has 0 aliphatic rings. The number of nitrogens with one attached hydrogen (secondary N) is 1. The van der Waals surface area contributed by atoms with E-state index in [2.05, 4.69) is 4.72 Å². The van der Waals surface area contributed by atoms with Crippen molar-refractivity contribution in [1.82, 2.24) is 4.72 Å². The van der Waals surface area contributed by atoms with E-state index in [0.29, 0.717) is 25.9 Å². The molecule has 0 fully saturated rings. The van der Waals surface area contributed by atoms with Gasteiger partial charge in [0.2, 0.25) is 10.0 Å². The molecule has 0 aliphatic carbocycles. The second-order valence-electron chi connectivity index (χ2n) is 3.46. The molecule has 0 heterocycles. The maximum atomic E-state index is 11.5. The van der Waals surface area contributed by atoms with Gasteiger partial charge in [0.25, 0.3) is 0 Å². The fourth-order valence-corrected chi connectivity index (χ4v) is 2.46. The quantitative estimate of drug-likeness (QED) is 0.572. The van der Waals surface area contributed by atoms with E-state index in [9.17, 15) is 13.2 Å². The number of carboxylic acids is 1. The van der Waals surface area contributed by atoms with Crippen LogP contribution in [0.2, 0.25) is 0 Å². The highest BCUT2D eigenvalue weighted by Crippen LogP contribution is 2.00. The molecule has 0 aliphatic heterocycles. The second-order valence-corrected chi connectivity index (χ2v) is 5.34. The first-order valence-electron chi connectivity index (χ1n) is 5.14. The van der Waals surface area contributed by atoms with E-state index in [1.54, 1.807) is 6.92 Å². The molecule has 0 bridgehead atoms. The predicted molar refractivity (Wildman–Crippen MR) is 59.7 cm³/mol. The molecule has 0 radical (unpaired) electrons. The van der Waals surface area contributed by atoms with Crippen molar-refractivity contribution in [2.75, 3.05) is 19.5 Å². The zero-order valence-corrected chi connectivity index (χ0v) is 10.4. The van der Waals surface area contributed by atoms with Gasteiger partial charge >= 0.3 is 5.97 Å². The van der Waals surface area contributed by atoms with Gasteiger partial charge in [0.1, 0.15) is 6.04 Å². The minimum absolute atomic E-state index is 0.117. The van der Waals surface area contributed by atoms with Crippen molar-refractivity contribution in [3.05, 3.63) is 0 Å². The molecule has 0 spiro atoms. The van der Waals surface area contributed by atoms with Gasteiger partial charge in [-0.2, -0.15) is 0 Å². The summed E-state index contributed by atoms with van der Waals surface area (Å²) in [7, 11) is -2.05. The minimum Gasteiger partial charge on any atom is -0.480 e. The summed E-state index contributed by atoms with van der Waals surface area (Å²) in [4.78, 5) is 10.7.